The Kier molecular flexibility index (Phi) is 5.58. The molecule has 4 rings (SSSR count). The molecule has 1 fully saturated rings. The minimum absolute atomic E-state index is 0.628. The molecule has 1 aliphatic heterocycles. The van der Waals surface area contributed by atoms with Crippen molar-refractivity contribution in [1.82, 2.24) is 15.0 Å². The van der Waals surface area contributed by atoms with Crippen LogP contribution in [0.25, 0.3) is 0 Å². The third-order valence-electron chi connectivity index (χ3n) is 5.10. The Morgan fingerprint density at radius 3 is 2.48 bits per heavy atom. The molecule has 0 unspecified atom stereocenters. The van der Waals surface area contributed by atoms with E-state index in [9.17, 15) is 0 Å². The van der Waals surface area contributed by atoms with Crippen LogP contribution in [0, 0.1) is 5.92 Å². The summed E-state index contributed by atoms with van der Waals surface area (Å²) in [5.41, 5.74) is 2.42. The highest BCUT2D eigenvalue weighted by Gasteiger charge is 2.20. The van der Waals surface area contributed by atoms with E-state index < -0.39 is 0 Å². The van der Waals surface area contributed by atoms with Crippen LogP contribution in [-0.4, -0.2) is 28.0 Å². The van der Waals surface area contributed by atoms with Gasteiger partial charge in [0.15, 0.2) is 0 Å². The van der Waals surface area contributed by atoms with Crippen molar-refractivity contribution in [3.05, 3.63) is 78.2 Å². The highest BCUT2D eigenvalue weighted by Crippen LogP contribution is 2.25. The summed E-state index contributed by atoms with van der Waals surface area (Å²) < 4.78 is 0. The molecule has 138 valence electrons. The van der Waals surface area contributed by atoms with Crippen molar-refractivity contribution < 1.29 is 0 Å². The van der Waals surface area contributed by atoms with Gasteiger partial charge in [0.25, 0.3) is 0 Å². The zero-order valence-corrected chi connectivity index (χ0v) is 15.5. The first-order chi connectivity index (χ1) is 13.4. The second kappa shape index (κ2) is 8.62. The van der Waals surface area contributed by atoms with Gasteiger partial charge in [-0.15, -0.1) is 0 Å². The van der Waals surface area contributed by atoms with Gasteiger partial charge in [-0.3, -0.25) is 4.98 Å². The van der Waals surface area contributed by atoms with Crippen LogP contribution in [0.1, 0.15) is 24.1 Å². The molecule has 1 aromatic carbocycles. The van der Waals surface area contributed by atoms with Crippen molar-refractivity contribution in [3.8, 4) is 0 Å². The second-order valence-electron chi connectivity index (χ2n) is 7.03. The lowest BCUT2D eigenvalue weighted by Gasteiger charge is -2.33. The maximum absolute atomic E-state index is 4.70. The van der Waals surface area contributed by atoms with Crippen molar-refractivity contribution >= 4 is 11.8 Å². The molecule has 0 saturated carbocycles. The highest BCUT2D eigenvalue weighted by atomic mass is 15.2. The summed E-state index contributed by atoms with van der Waals surface area (Å²) in [6.07, 6.45) is 7.22. The van der Waals surface area contributed by atoms with Crippen LogP contribution in [-0.2, 0) is 13.0 Å². The average molecular weight is 359 g/mol. The molecule has 3 heterocycles. The lowest BCUT2D eigenvalue weighted by Crippen LogP contribution is -2.35. The predicted octanol–water partition coefficient (Wildman–Crippen LogP) is 3.94. The second-order valence-corrected chi connectivity index (χ2v) is 7.03. The van der Waals surface area contributed by atoms with Crippen LogP contribution in [0.4, 0.5) is 11.8 Å². The van der Waals surface area contributed by atoms with E-state index in [4.69, 9.17) is 4.98 Å². The Bertz CT molecular complexity index is 830. The van der Waals surface area contributed by atoms with Gasteiger partial charge in [0.05, 0.1) is 12.2 Å². The maximum atomic E-state index is 4.70. The lowest BCUT2D eigenvalue weighted by molar-refractivity contribution is 0.402. The van der Waals surface area contributed by atoms with E-state index in [1.165, 1.54) is 24.8 Å². The summed E-state index contributed by atoms with van der Waals surface area (Å²) in [4.78, 5) is 15.7. The molecule has 1 saturated heterocycles. The Balaban J connectivity index is 1.32. The van der Waals surface area contributed by atoms with Gasteiger partial charge in [-0.1, -0.05) is 36.4 Å². The Morgan fingerprint density at radius 2 is 1.70 bits per heavy atom. The minimum Gasteiger partial charge on any atom is -0.356 e. The molecule has 27 heavy (non-hydrogen) atoms. The van der Waals surface area contributed by atoms with Crippen LogP contribution in [0.5, 0.6) is 0 Å². The first-order valence-electron chi connectivity index (χ1n) is 9.62. The molecule has 0 aliphatic carbocycles. The number of aromatic nitrogens is 3. The van der Waals surface area contributed by atoms with Crippen LogP contribution < -0.4 is 10.2 Å². The lowest BCUT2D eigenvalue weighted by atomic mass is 9.90. The molecular formula is C22H25N5. The zero-order chi connectivity index (χ0) is 18.3. The van der Waals surface area contributed by atoms with E-state index in [-0.39, 0.29) is 0 Å². The van der Waals surface area contributed by atoms with Crippen LogP contribution in [0.15, 0.2) is 67.0 Å². The van der Waals surface area contributed by atoms with Gasteiger partial charge in [0, 0.05) is 25.5 Å². The third kappa shape index (κ3) is 4.82. The number of rotatable bonds is 6. The average Bonchev–Trinajstić information content (AvgIpc) is 2.75. The molecule has 0 bridgehead atoms. The Labute approximate surface area is 160 Å². The zero-order valence-electron chi connectivity index (χ0n) is 15.5. The molecule has 2 aromatic heterocycles. The largest absolute Gasteiger partial charge is 0.356 e. The topological polar surface area (TPSA) is 53.9 Å². The number of nitrogens with zero attached hydrogens (tertiary/aromatic N) is 4. The highest BCUT2D eigenvalue weighted by molar-refractivity contribution is 5.43. The smallest absolute Gasteiger partial charge is 0.224 e. The van der Waals surface area contributed by atoms with Gasteiger partial charge in [0.2, 0.25) is 5.95 Å². The number of nitrogens with one attached hydrogen (secondary N) is 1. The predicted molar refractivity (Wildman–Crippen MR) is 109 cm³/mol. The quantitative estimate of drug-likeness (QED) is 0.722. The summed E-state index contributed by atoms with van der Waals surface area (Å²) in [7, 11) is 0. The van der Waals surface area contributed by atoms with Gasteiger partial charge in [-0.05, 0) is 48.9 Å². The molecular weight excluding hydrogens is 334 g/mol. The number of pyridine rings is 1. The summed E-state index contributed by atoms with van der Waals surface area (Å²) in [6, 6.07) is 18.7. The fraction of sp³-hybridized carbons (Fsp3) is 0.318. The van der Waals surface area contributed by atoms with E-state index in [1.54, 1.807) is 6.20 Å². The summed E-state index contributed by atoms with van der Waals surface area (Å²) in [5, 5.41) is 3.27. The van der Waals surface area contributed by atoms with Crippen LogP contribution in [0.3, 0.4) is 0 Å². The van der Waals surface area contributed by atoms with Crippen molar-refractivity contribution in [3.63, 3.8) is 0 Å². The molecule has 0 amide bonds. The fourth-order valence-corrected chi connectivity index (χ4v) is 3.60. The molecule has 3 aromatic rings. The molecule has 1 N–H and O–H groups in total. The third-order valence-corrected chi connectivity index (χ3v) is 5.10. The fourth-order valence-electron chi connectivity index (χ4n) is 3.60. The van der Waals surface area contributed by atoms with Gasteiger partial charge >= 0.3 is 0 Å². The summed E-state index contributed by atoms with van der Waals surface area (Å²) >= 11 is 0. The van der Waals surface area contributed by atoms with Crippen molar-refractivity contribution in [2.45, 2.75) is 25.8 Å². The van der Waals surface area contributed by atoms with Gasteiger partial charge in [-0.25, -0.2) is 4.98 Å². The van der Waals surface area contributed by atoms with Crippen LogP contribution in [0.2, 0.25) is 0 Å². The Morgan fingerprint density at radius 1 is 0.889 bits per heavy atom. The monoisotopic (exact) mass is 359 g/mol. The van der Waals surface area contributed by atoms with E-state index in [0.717, 1.165) is 30.5 Å². The van der Waals surface area contributed by atoms with E-state index in [0.29, 0.717) is 12.5 Å². The summed E-state index contributed by atoms with van der Waals surface area (Å²) in [5.74, 6) is 2.42. The maximum Gasteiger partial charge on any atom is 0.224 e. The van der Waals surface area contributed by atoms with Crippen LogP contribution >= 0.6 is 0 Å². The normalized spacial score (nSPS) is 14.9. The number of piperidine rings is 1. The number of benzene rings is 1. The minimum atomic E-state index is 0.628. The van der Waals surface area contributed by atoms with E-state index >= 15 is 0 Å². The first-order valence-corrected chi connectivity index (χ1v) is 9.62. The number of anilines is 2. The van der Waals surface area contributed by atoms with Gasteiger partial charge in [0.1, 0.15) is 5.82 Å². The standard InChI is InChI=1S/C22H25N5/c1-2-6-18(7-3-1)16-19-10-14-27(15-11-19)21-9-13-24-22(26-21)25-17-20-8-4-5-12-23-20/h1-9,12-13,19H,10-11,14-17H2,(H,24,25,26). The van der Waals surface area contributed by atoms with Crippen molar-refractivity contribution in [1.29, 1.82) is 0 Å². The van der Waals surface area contributed by atoms with E-state index in [2.05, 4.69) is 50.5 Å². The van der Waals surface area contributed by atoms with Gasteiger partial charge in [-0.2, -0.15) is 4.98 Å². The summed E-state index contributed by atoms with van der Waals surface area (Å²) in [6.45, 7) is 2.73. The Hall–Kier alpha value is -2.95. The van der Waals surface area contributed by atoms with Crippen molar-refractivity contribution in [2.24, 2.45) is 5.92 Å². The van der Waals surface area contributed by atoms with Gasteiger partial charge < -0.3 is 10.2 Å². The molecule has 0 radical (unpaired) electrons. The molecule has 1 aliphatic rings. The number of hydrogen-bond donors (Lipinski definition) is 1. The molecule has 5 heteroatoms. The van der Waals surface area contributed by atoms with Crippen molar-refractivity contribution in [2.75, 3.05) is 23.3 Å². The number of hydrogen-bond acceptors (Lipinski definition) is 5. The van der Waals surface area contributed by atoms with E-state index in [1.807, 2.05) is 30.5 Å². The molecule has 5 nitrogen and oxygen atoms in total. The SMILES string of the molecule is c1ccc(CC2CCN(c3ccnc(NCc4ccccn4)n3)CC2)cc1. The molecule has 0 atom stereocenters. The molecule has 0 spiro atoms. The first kappa shape index (κ1) is 17.5.